The summed E-state index contributed by atoms with van der Waals surface area (Å²) in [6.07, 6.45) is 3.69. The highest BCUT2D eigenvalue weighted by Gasteiger charge is 2.34. The van der Waals surface area contributed by atoms with Crippen LogP contribution in [0.25, 0.3) is 0 Å². The molecule has 2 aromatic rings. The summed E-state index contributed by atoms with van der Waals surface area (Å²) in [6, 6.07) is 7.49. The lowest BCUT2D eigenvalue weighted by molar-refractivity contribution is -0.123. The maximum absolute atomic E-state index is 12.7. The number of nitrogens with one attached hydrogen (secondary N) is 1. The molecule has 0 saturated carbocycles. The first kappa shape index (κ1) is 16.6. The standard InChI is InChI=1S/C18H21N3O2S/c1-2-3-8-20-17(22)14-12-21(18(23)15-7-5-10-24-15)11-13-6-4-9-19-16(13)14/h4-7,9-10,14H,2-3,8,11-12H2,1H3,(H,20,22). The molecule has 2 amide bonds. The van der Waals surface area contributed by atoms with Crippen LogP contribution in [-0.4, -0.2) is 34.8 Å². The Morgan fingerprint density at radius 1 is 1.38 bits per heavy atom. The van der Waals surface area contributed by atoms with E-state index in [0.29, 0.717) is 24.5 Å². The number of pyridine rings is 1. The highest BCUT2D eigenvalue weighted by molar-refractivity contribution is 7.12. The Bertz CT molecular complexity index is 715. The summed E-state index contributed by atoms with van der Waals surface area (Å²) in [7, 11) is 0. The van der Waals surface area contributed by atoms with Gasteiger partial charge in [0.05, 0.1) is 16.5 Å². The van der Waals surface area contributed by atoms with Crippen LogP contribution in [0.2, 0.25) is 0 Å². The zero-order valence-corrected chi connectivity index (χ0v) is 14.5. The largest absolute Gasteiger partial charge is 0.355 e. The molecule has 0 fully saturated rings. The number of unbranched alkanes of at least 4 members (excludes halogenated alkanes) is 1. The molecular formula is C18H21N3O2S. The summed E-state index contributed by atoms with van der Waals surface area (Å²) < 4.78 is 0. The van der Waals surface area contributed by atoms with E-state index in [1.807, 2.05) is 29.6 Å². The van der Waals surface area contributed by atoms with Crippen molar-refractivity contribution < 1.29 is 9.59 Å². The Balaban J connectivity index is 1.82. The normalized spacial score (nSPS) is 16.5. The molecule has 126 valence electrons. The average Bonchev–Trinajstić information content (AvgIpc) is 3.15. The molecule has 2 aromatic heterocycles. The molecule has 0 bridgehead atoms. The van der Waals surface area contributed by atoms with Crippen LogP contribution in [-0.2, 0) is 11.3 Å². The minimum atomic E-state index is -0.407. The topological polar surface area (TPSA) is 62.3 Å². The molecule has 3 rings (SSSR count). The van der Waals surface area contributed by atoms with E-state index >= 15 is 0 Å². The van der Waals surface area contributed by atoms with Gasteiger partial charge < -0.3 is 10.2 Å². The van der Waals surface area contributed by atoms with Crippen molar-refractivity contribution in [3.8, 4) is 0 Å². The summed E-state index contributed by atoms with van der Waals surface area (Å²) in [5.41, 5.74) is 1.74. The van der Waals surface area contributed by atoms with Crippen molar-refractivity contribution in [1.82, 2.24) is 15.2 Å². The molecule has 0 aromatic carbocycles. The van der Waals surface area contributed by atoms with E-state index < -0.39 is 5.92 Å². The van der Waals surface area contributed by atoms with Crippen LogP contribution in [0.4, 0.5) is 0 Å². The van der Waals surface area contributed by atoms with E-state index in [1.54, 1.807) is 11.1 Å². The monoisotopic (exact) mass is 343 g/mol. The molecule has 1 atom stereocenters. The van der Waals surface area contributed by atoms with Crippen molar-refractivity contribution in [2.24, 2.45) is 0 Å². The second-order valence-electron chi connectivity index (χ2n) is 5.91. The third kappa shape index (κ3) is 3.48. The number of hydrogen-bond acceptors (Lipinski definition) is 4. The maximum atomic E-state index is 12.7. The summed E-state index contributed by atoms with van der Waals surface area (Å²) in [4.78, 5) is 32.1. The molecular weight excluding hydrogens is 322 g/mol. The van der Waals surface area contributed by atoms with E-state index in [0.717, 1.165) is 24.1 Å². The lowest BCUT2D eigenvalue weighted by Crippen LogP contribution is -2.44. The molecule has 1 aliphatic rings. The predicted molar refractivity (Wildman–Crippen MR) is 94.0 cm³/mol. The number of carbonyl (C=O) groups excluding carboxylic acids is 2. The fraction of sp³-hybridized carbons (Fsp3) is 0.389. The Kier molecular flexibility index (Phi) is 5.25. The quantitative estimate of drug-likeness (QED) is 0.849. The van der Waals surface area contributed by atoms with Gasteiger partial charge in [-0.2, -0.15) is 0 Å². The van der Waals surface area contributed by atoms with Gasteiger partial charge in [0.1, 0.15) is 0 Å². The number of fused-ring (bicyclic) bond motifs is 1. The Labute approximate surface area is 145 Å². The first-order chi connectivity index (χ1) is 11.7. The van der Waals surface area contributed by atoms with Crippen LogP contribution in [0.15, 0.2) is 35.8 Å². The lowest BCUT2D eigenvalue weighted by Gasteiger charge is -2.33. The van der Waals surface area contributed by atoms with Gasteiger partial charge in [0.25, 0.3) is 5.91 Å². The van der Waals surface area contributed by atoms with Crippen LogP contribution in [0.1, 0.15) is 46.6 Å². The van der Waals surface area contributed by atoms with Gasteiger partial charge in [0, 0.05) is 25.8 Å². The highest BCUT2D eigenvalue weighted by atomic mass is 32.1. The molecule has 1 unspecified atom stereocenters. The molecule has 0 spiro atoms. The van der Waals surface area contributed by atoms with Crippen LogP contribution in [0, 0.1) is 0 Å². The summed E-state index contributed by atoms with van der Waals surface area (Å²) in [5, 5.41) is 4.86. The molecule has 0 aliphatic carbocycles. The van der Waals surface area contributed by atoms with E-state index in [1.165, 1.54) is 11.3 Å². The second kappa shape index (κ2) is 7.57. The Morgan fingerprint density at radius 3 is 3.00 bits per heavy atom. The fourth-order valence-corrected chi connectivity index (χ4v) is 3.60. The number of carbonyl (C=O) groups is 2. The van der Waals surface area contributed by atoms with Crippen LogP contribution < -0.4 is 5.32 Å². The van der Waals surface area contributed by atoms with Crippen molar-refractivity contribution in [3.63, 3.8) is 0 Å². The van der Waals surface area contributed by atoms with Crippen molar-refractivity contribution in [3.05, 3.63) is 52.0 Å². The minimum absolute atomic E-state index is 0.0224. The summed E-state index contributed by atoms with van der Waals surface area (Å²) in [6.45, 7) is 3.62. The van der Waals surface area contributed by atoms with Gasteiger partial charge in [0.15, 0.2) is 0 Å². The average molecular weight is 343 g/mol. The van der Waals surface area contributed by atoms with Crippen LogP contribution in [0.5, 0.6) is 0 Å². The summed E-state index contributed by atoms with van der Waals surface area (Å²) >= 11 is 1.43. The first-order valence-corrected chi connectivity index (χ1v) is 9.13. The van der Waals surface area contributed by atoms with Gasteiger partial charge in [-0.15, -0.1) is 11.3 Å². The number of aromatic nitrogens is 1. The summed E-state index contributed by atoms with van der Waals surface area (Å²) in [5.74, 6) is -0.478. The Morgan fingerprint density at radius 2 is 2.25 bits per heavy atom. The molecule has 1 N–H and O–H groups in total. The molecule has 0 radical (unpaired) electrons. The number of nitrogens with zero attached hydrogens (tertiary/aromatic N) is 2. The SMILES string of the molecule is CCCCNC(=O)C1CN(C(=O)c2cccs2)Cc2cccnc21. The third-order valence-electron chi connectivity index (χ3n) is 4.19. The zero-order valence-electron chi connectivity index (χ0n) is 13.7. The molecule has 6 heteroatoms. The van der Waals surface area contributed by atoms with Crippen LogP contribution >= 0.6 is 11.3 Å². The number of rotatable bonds is 5. The first-order valence-electron chi connectivity index (χ1n) is 8.25. The fourth-order valence-electron chi connectivity index (χ4n) is 2.90. The third-order valence-corrected chi connectivity index (χ3v) is 5.04. The lowest BCUT2D eigenvalue weighted by atomic mass is 9.93. The van der Waals surface area contributed by atoms with Gasteiger partial charge in [0.2, 0.25) is 5.91 Å². The van der Waals surface area contributed by atoms with Crippen molar-refractivity contribution >= 4 is 23.2 Å². The van der Waals surface area contributed by atoms with Crippen molar-refractivity contribution in [2.75, 3.05) is 13.1 Å². The van der Waals surface area contributed by atoms with Gasteiger partial charge >= 0.3 is 0 Å². The highest BCUT2D eigenvalue weighted by Crippen LogP contribution is 2.28. The maximum Gasteiger partial charge on any atom is 0.264 e. The van der Waals surface area contributed by atoms with Gasteiger partial charge in [-0.3, -0.25) is 14.6 Å². The van der Waals surface area contributed by atoms with Crippen LogP contribution in [0.3, 0.4) is 0 Å². The minimum Gasteiger partial charge on any atom is -0.355 e. The van der Waals surface area contributed by atoms with E-state index in [-0.39, 0.29) is 11.8 Å². The predicted octanol–water partition coefficient (Wildman–Crippen LogP) is 2.80. The van der Waals surface area contributed by atoms with E-state index in [2.05, 4.69) is 17.2 Å². The molecule has 3 heterocycles. The van der Waals surface area contributed by atoms with Crippen molar-refractivity contribution in [1.29, 1.82) is 0 Å². The van der Waals surface area contributed by atoms with Gasteiger partial charge in [-0.05, 0) is 29.5 Å². The molecule has 5 nitrogen and oxygen atoms in total. The Hall–Kier alpha value is -2.21. The zero-order chi connectivity index (χ0) is 16.9. The molecule has 1 aliphatic heterocycles. The second-order valence-corrected chi connectivity index (χ2v) is 6.86. The number of amides is 2. The number of thiophene rings is 1. The van der Waals surface area contributed by atoms with Gasteiger partial charge in [-0.1, -0.05) is 25.5 Å². The van der Waals surface area contributed by atoms with E-state index in [4.69, 9.17) is 0 Å². The molecule has 24 heavy (non-hydrogen) atoms. The number of hydrogen-bond donors (Lipinski definition) is 1. The smallest absolute Gasteiger partial charge is 0.264 e. The van der Waals surface area contributed by atoms with Crippen molar-refractivity contribution in [2.45, 2.75) is 32.2 Å². The van der Waals surface area contributed by atoms with Gasteiger partial charge in [-0.25, -0.2) is 0 Å². The van der Waals surface area contributed by atoms with E-state index in [9.17, 15) is 9.59 Å². The molecule has 0 saturated heterocycles.